The summed E-state index contributed by atoms with van der Waals surface area (Å²) < 4.78 is 0. The molecule has 3 atom stereocenters. The highest BCUT2D eigenvalue weighted by atomic mass is 16.7. The summed E-state index contributed by atoms with van der Waals surface area (Å²) in [4.78, 5) is 45.7. The number of carbonyl (C=O) groups is 3. The Morgan fingerprint density at radius 3 is 2.35 bits per heavy atom. The normalized spacial score (nSPS) is 28.5. The molecule has 1 aromatic carbocycles. The molecular formula is C27H40N6O4. The van der Waals surface area contributed by atoms with Crippen LogP contribution in [0.2, 0.25) is 0 Å². The Kier molecular flexibility index (Phi) is 7.31. The van der Waals surface area contributed by atoms with E-state index in [1.807, 2.05) is 38.0 Å². The van der Waals surface area contributed by atoms with Crippen molar-refractivity contribution in [3.05, 3.63) is 24.3 Å². The molecule has 3 unspecified atom stereocenters. The number of rotatable bonds is 7. The number of anilines is 2. The van der Waals surface area contributed by atoms with E-state index in [-0.39, 0.29) is 29.5 Å². The molecule has 3 aliphatic heterocycles. The van der Waals surface area contributed by atoms with Gasteiger partial charge in [-0.3, -0.25) is 19.8 Å². The van der Waals surface area contributed by atoms with Gasteiger partial charge >= 0.3 is 6.09 Å². The van der Waals surface area contributed by atoms with Crippen LogP contribution in [-0.4, -0.2) is 85.3 Å². The van der Waals surface area contributed by atoms with Crippen LogP contribution in [0.15, 0.2) is 24.3 Å². The van der Waals surface area contributed by atoms with Crippen molar-refractivity contribution in [2.75, 3.05) is 56.0 Å². The Labute approximate surface area is 219 Å². The number of piperazine rings is 1. The second-order valence-corrected chi connectivity index (χ2v) is 11.9. The molecule has 0 radical (unpaired) electrons. The van der Waals surface area contributed by atoms with Crippen LogP contribution in [0, 0.1) is 17.8 Å². The smallest absolute Gasteiger partial charge is 0.374 e. The van der Waals surface area contributed by atoms with Gasteiger partial charge in [-0.2, -0.15) is 0 Å². The summed E-state index contributed by atoms with van der Waals surface area (Å²) >= 11 is 0. The van der Waals surface area contributed by atoms with Gasteiger partial charge in [0.25, 0.3) is 0 Å². The Balaban J connectivity index is 0.985. The van der Waals surface area contributed by atoms with E-state index in [0.29, 0.717) is 24.7 Å². The molecule has 3 amide bonds. The number of hydrogen-bond donors (Lipinski definition) is 3. The average molecular weight is 513 g/mol. The number of hydroxylamine groups is 2. The standard InChI is InChI=1S/C27H40N6O4/c1-27(2,3)30-26(36)37-33-16-21-20(22(21)17-33)10-11-31-12-14-32(15-13-31)19-6-4-18(5-7-19)28-23-8-9-24(34)29-25(23)35/h4-7,20-23,28H,8-17H2,1-3H3,(H,30,36)(H,29,34,35). The molecule has 5 rings (SSSR count). The van der Waals surface area contributed by atoms with Crippen LogP contribution in [0.25, 0.3) is 0 Å². The summed E-state index contributed by atoms with van der Waals surface area (Å²) in [6, 6.07) is 7.87. The lowest BCUT2D eigenvalue weighted by Gasteiger charge is -2.36. The van der Waals surface area contributed by atoms with Gasteiger partial charge in [0.2, 0.25) is 11.8 Å². The first-order valence-corrected chi connectivity index (χ1v) is 13.6. The summed E-state index contributed by atoms with van der Waals surface area (Å²) in [6.07, 6.45) is 1.76. The molecule has 1 aliphatic carbocycles. The molecule has 4 aliphatic rings. The average Bonchev–Trinajstić information content (AvgIpc) is 3.29. The summed E-state index contributed by atoms with van der Waals surface area (Å²) in [5.74, 6) is 1.64. The zero-order chi connectivity index (χ0) is 26.2. The molecule has 0 aromatic heterocycles. The largest absolute Gasteiger partial charge is 0.426 e. The van der Waals surface area contributed by atoms with Crippen molar-refractivity contribution >= 4 is 29.3 Å². The fourth-order valence-corrected chi connectivity index (χ4v) is 5.92. The van der Waals surface area contributed by atoms with Gasteiger partial charge in [0.15, 0.2) is 0 Å². The predicted octanol–water partition coefficient (Wildman–Crippen LogP) is 2.03. The number of nitrogens with zero attached hydrogens (tertiary/aromatic N) is 3. The molecule has 3 N–H and O–H groups in total. The predicted molar refractivity (Wildman–Crippen MR) is 141 cm³/mol. The van der Waals surface area contributed by atoms with E-state index in [9.17, 15) is 14.4 Å². The lowest BCUT2D eigenvalue weighted by atomic mass is 10.1. The Hall–Kier alpha value is -2.85. The molecule has 3 heterocycles. The SMILES string of the molecule is CC(C)(C)NC(=O)ON1CC2C(CCN3CCN(c4ccc(NC5CCC(=O)NC5=O)cc4)CC3)C2C1. The van der Waals surface area contributed by atoms with Gasteiger partial charge in [-0.05, 0) is 82.2 Å². The van der Waals surface area contributed by atoms with Crippen molar-refractivity contribution in [2.45, 2.75) is 51.6 Å². The molecule has 1 aromatic rings. The van der Waals surface area contributed by atoms with Gasteiger partial charge in [-0.15, -0.1) is 5.06 Å². The lowest BCUT2D eigenvalue weighted by molar-refractivity contribution is -0.133. The second kappa shape index (κ2) is 10.5. The molecule has 3 saturated heterocycles. The highest BCUT2D eigenvalue weighted by Crippen LogP contribution is 2.53. The maximum atomic E-state index is 12.0. The van der Waals surface area contributed by atoms with Crippen LogP contribution in [-0.2, 0) is 14.4 Å². The minimum Gasteiger partial charge on any atom is -0.374 e. The number of hydrogen-bond acceptors (Lipinski definition) is 8. The van der Waals surface area contributed by atoms with Gasteiger partial charge < -0.3 is 20.4 Å². The van der Waals surface area contributed by atoms with E-state index in [1.54, 1.807) is 0 Å². The Bertz CT molecular complexity index is 989. The summed E-state index contributed by atoms with van der Waals surface area (Å²) in [6.45, 7) is 12.8. The highest BCUT2D eigenvalue weighted by Gasteiger charge is 2.56. The molecule has 0 bridgehead atoms. The first-order valence-electron chi connectivity index (χ1n) is 13.6. The molecule has 10 heteroatoms. The maximum absolute atomic E-state index is 12.0. The van der Waals surface area contributed by atoms with Crippen LogP contribution in [0.3, 0.4) is 0 Å². The minimum atomic E-state index is -0.360. The molecule has 10 nitrogen and oxygen atoms in total. The van der Waals surface area contributed by atoms with Crippen molar-refractivity contribution in [3.63, 3.8) is 0 Å². The van der Waals surface area contributed by atoms with Crippen molar-refractivity contribution in [2.24, 2.45) is 17.8 Å². The topological polar surface area (TPSA) is 106 Å². The summed E-state index contributed by atoms with van der Waals surface area (Å²) in [5, 5.41) is 10.3. The first kappa shape index (κ1) is 25.8. The van der Waals surface area contributed by atoms with Crippen molar-refractivity contribution in [1.29, 1.82) is 0 Å². The first-order chi connectivity index (χ1) is 17.6. The molecular weight excluding hydrogens is 472 g/mol. The number of amides is 3. The third-order valence-electron chi connectivity index (χ3n) is 7.99. The van der Waals surface area contributed by atoms with Crippen LogP contribution < -0.4 is 20.9 Å². The van der Waals surface area contributed by atoms with Gasteiger partial charge in [0.1, 0.15) is 6.04 Å². The van der Waals surface area contributed by atoms with E-state index in [4.69, 9.17) is 4.84 Å². The number of imide groups is 1. The number of fused-ring (bicyclic) bond motifs is 1. The van der Waals surface area contributed by atoms with Gasteiger partial charge in [-0.1, -0.05) is 0 Å². The third-order valence-corrected chi connectivity index (χ3v) is 7.99. The summed E-state index contributed by atoms with van der Waals surface area (Å²) in [5.41, 5.74) is 1.80. The highest BCUT2D eigenvalue weighted by molar-refractivity contribution is 6.01. The molecule has 202 valence electrons. The maximum Gasteiger partial charge on any atom is 0.426 e. The lowest BCUT2D eigenvalue weighted by Crippen LogP contribution is -2.47. The second-order valence-electron chi connectivity index (χ2n) is 11.9. The van der Waals surface area contributed by atoms with Crippen molar-refractivity contribution in [1.82, 2.24) is 20.6 Å². The van der Waals surface area contributed by atoms with E-state index >= 15 is 0 Å². The number of nitrogens with one attached hydrogen (secondary N) is 3. The van der Waals surface area contributed by atoms with Crippen LogP contribution in [0.4, 0.5) is 16.2 Å². The molecule has 0 spiro atoms. The van der Waals surface area contributed by atoms with Crippen molar-refractivity contribution < 1.29 is 19.2 Å². The Morgan fingerprint density at radius 1 is 1.05 bits per heavy atom. The minimum absolute atomic E-state index is 0.198. The van der Waals surface area contributed by atoms with Crippen LogP contribution in [0.5, 0.6) is 0 Å². The molecule has 4 fully saturated rings. The third kappa shape index (κ3) is 6.54. The van der Waals surface area contributed by atoms with E-state index in [2.05, 4.69) is 37.9 Å². The molecule has 1 saturated carbocycles. The number of benzene rings is 1. The Morgan fingerprint density at radius 2 is 1.73 bits per heavy atom. The molecule has 37 heavy (non-hydrogen) atoms. The van der Waals surface area contributed by atoms with E-state index in [0.717, 1.165) is 57.4 Å². The monoisotopic (exact) mass is 512 g/mol. The van der Waals surface area contributed by atoms with E-state index in [1.165, 1.54) is 12.1 Å². The van der Waals surface area contributed by atoms with Crippen molar-refractivity contribution in [3.8, 4) is 0 Å². The fourth-order valence-electron chi connectivity index (χ4n) is 5.92. The van der Waals surface area contributed by atoms with E-state index < -0.39 is 0 Å². The number of carbonyl (C=O) groups excluding carboxylic acids is 3. The van der Waals surface area contributed by atoms with Gasteiger partial charge in [0.05, 0.1) is 0 Å². The van der Waals surface area contributed by atoms with Crippen LogP contribution in [0.1, 0.15) is 40.0 Å². The number of piperidine rings is 2. The zero-order valence-corrected chi connectivity index (χ0v) is 22.2. The van der Waals surface area contributed by atoms with Gasteiger partial charge in [-0.25, -0.2) is 4.79 Å². The van der Waals surface area contributed by atoms with Gasteiger partial charge in [0, 0.05) is 62.6 Å². The van der Waals surface area contributed by atoms with Crippen LogP contribution >= 0.6 is 0 Å². The zero-order valence-electron chi connectivity index (χ0n) is 22.2. The quantitative estimate of drug-likeness (QED) is 0.477. The fraction of sp³-hybridized carbons (Fsp3) is 0.667. The summed E-state index contributed by atoms with van der Waals surface area (Å²) in [7, 11) is 0.